The molecular weight excluding hydrogens is 332 g/mol. The molecule has 24 heavy (non-hydrogen) atoms. The van der Waals surface area contributed by atoms with Gasteiger partial charge in [-0.15, -0.1) is 0 Å². The van der Waals surface area contributed by atoms with Crippen LogP contribution in [0.4, 0.5) is 0 Å². The van der Waals surface area contributed by atoms with Crippen LogP contribution in [0.1, 0.15) is 84.0 Å². The Balaban J connectivity index is 1.97. The third-order valence-corrected chi connectivity index (χ3v) is 4.72. The molecule has 0 aromatic rings. The van der Waals surface area contributed by atoms with E-state index in [1.54, 1.807) is 0 Å². The maximum absolute atomic E-state index is 10.6. The molecule has 1 heterocycles. The Morgan fingerprint density at radius 3 is 2.17 bits per heavy atom. The molecule has 1 saturated heterocycles. The van der Waals surface area contributed by atoms with E-state index in [-0.39, 0.29) is 19.0 Å². The van der Waals surface area contributed by atoms with Gasteiger partial charge >= 0.3 is 10.4 Å². The van der Waals surface area contributed by atoms with Crippen molar-refractivity contribution in [1.29, 1.82) is 0 Å². The highest BCUT2D eigenvalue weighted by molar-refractivity contribution is 7.80. The second-order valence-corrected chi connectivity index (χ2v) is 7.62. The molecule has 0 saturated carbocycles. The normalized spacial score (nSPS) is 21.9. The van der Waals surface area contributed by atoms with Crippen LogP contribution in [0.3, 0.4) is 0 Å². The smallest absolute Gasteiger partial charge is 0.353 e. The first-order chi connectivity index (χ1) is 11.5. The summed E-state index contributed by atoms with van der Waals surface area (Å²) in [4.78, 5) is 0. The van der Waals surface area contributed by atoms with Gasteiger partial charge in [-0.1, -0.05) is 64.7 Å². The predicted molar refractivity (Wildman–Crippen MR) is 93.2 cm³/mol. The minimum Gasteiger partial charge on any atom is -0.353 e. The molecule has 0 aromatic heterocycles. The van der Waals surface area contributed by atoms with Crippen molar-refractivity contribution in [2.45, 2.75) is 96.4 Å². The van der Waals surface area contributed by atoms with E-state index in [1.807, 2.05) is 0 Å². The average molecular weight is 367 g/mol. The Morgan fingerprint density at radius 1 is 1.00 bits per heavy atom. The molecule has 2 unspecified atom stereocenters. The maximum atomic E-state index is 10.6. The van der Waals surface area contributed by atoms with Crippen LogP contribution >= 0.6 is 0 Å². The van der Waals surface area contributed by atoms with E-state index in [0.29, 0.717) is 13.0 Å². The van der Waals surface area contributed by atoms with E-state index in [0.717, 1.165) is 12.8 Å². The van der Waals surface area contributed by atoms with Gasteiger partial charge in [0, 0.05) is 0 Å². The summed E-state index contributed by atoms with van der Waals surface area (Å²) in [6, 6.07) is 0. The first-order valence-electron chi connectivity index (χ1n) is 9.40. The monoisotopic (exact) mass is 366 g/mol. The summed E-state index contributed by atoms with van der Waals surface area (Å²) in [7, 11) is -4.40. The summed E-state index contributed by atoms with van der Waals surface area (Å²) >= 11 is 0. The quantitative estimate of drug-likeness (QED) is 0.365. The van der Waals surface area contributed by atoms with Crippen LogP contribution in [0.2, 0.25) is 0 Å². The average Bonchev–Trinajstić information content (AvgIpc) is 2.54. The largest absolute Gasteiger partial charge is 0.397 e. The van der Waals surface area contributed by atoms with Crippen molar-refractivity contribution < 1.29 is 26.6 Å². The zero-order valence-electron chi connectivity index (χ0n) is 15.0. The molecule has 144 valence electrons. The van der Waals surface area contributed by atoms with E-state index < -0.39 is 10.4 Å². The van der Waals surface area contributed by atoms with Crippen molar-refractivity contribution in [3.05, 3.63) is 0 Å². The predicted octanol–water partition coefficient (Wildman–Crippen LogP) is 4.25. The molecule has 6 nitrogen and oxygen atoms in total. The Morgan fingerprint density at radius 2 is 1.58 bits per heavy atom. The Kier molecular flexibility index (Phi) is 11.9. The lowest BCUT2D eigenvalue weighted by Crippen LogP contribution is -2.35. The second-order valence-electron chi connectivity index (χ2n) is 6.53. The first-order valence-corrected chi connectivity index (χ1v) is 10.8. The van der Waals surface area contributed by atoms with Crippen LogP contribution in [0.5, 0.6) is 0 Å². The minimum atomic E-state index is -4.40. The molecular formula is C17H34O6S. The van der Waals surface area contributed by atoms with Crippen molar-refractivity contribution in [2.24, 2.45) is 0 Å². The highest BCUT2D eigenvalue weighted by Crippen LogP contribution is 2.19. The Labute approximate surface area is 147 Å². The van der Waals surface area contributed by atoms with Crippen molar-refractivity contribution in [3.63, 3.8) is 0 Å². The summed E-state index contributed by atoms with van der Waals surface area (Å²) in [5, 5.41) is 0. The zero-order chi connectivity index (χ0) is 17.7. The SMILES string of the molecule is CCCCCCCCCCCCC1OCCC(COS(=O)(=O)O)O1. The van der Waals surface area contributed by atoms with Gasteiger partial charge in [-0.25, -0.2) is 4.18 Å². The molecule has 0 amide bonds. The highest BCUT2D eigenvalue weighted by atomic mass is 32.3. The van der Waals surface area contributed by atoms with E-state index >= 15 is 0 Å². The summed E-state index contributed by atoms with van der Waals surface area (Å²) in [5.74, 6) is 0. The zero-order valence-corrected chi connectivity index (χ0v) is 15.8. The minimum absolute atomic E-state index is 0.156. The van der Waals surface area contributed by atoms with Gasteiger partial charge in [0.25, 0.3) is 0 Å². The molecule has 1 aliphatic heterocycles. The molecule has 1 aliphatic rings. The maximum Gasteiger partial charge on any atom is 0.397 e. The third kappa shape index (κ3) is 12.2. The molecule has 1 rings (SSSR count). The Hall–Kier alpha value is -0.210. The van der Waals surface area contributed by atoms with E-state index in [2.05, 4.69) is 11.1 Å². The molecule has 0 radical (unpaired) electrons. The molecule has 0 aliphatic carbocycles. The number of hydrogen-bond acceptors (Lipinski definition) is 5. The summed E-state index contributed by atoms with van der Waals surface area (Å²) < 4.78 is 45.3. The van der Waals surface area contributed by atoms with E-state index in [4.69, 9.17) is 14.0 Å². The fourth-order valence-electron chi connectivity index (χ4n) is 2.89. The van der Waals surface area contributed by atoms with Gasteiger partial charge in [0.2, 0.25) is 0 Å². The lowest BCUT2D eigenvalue weighted by molar-refractivity contribution is -0.220. The molecule has 1 N–H and O–H groups in total. The number of rotatable bonds is 14. The Bertz CT molecular complexity index is 398. The fraction of sp³-hybridized carbons (Fsp3) is 1.00. The van der Waals surface area contributed by atoms with Crippen LogP contribution in [-0.4, -0.2) is 38.6 Å². The van der Waals surface area contributed by atoms with Gasteiger partial charge in [0.15, 0.2) is 6.29 Å². The van der Waals surface area contributed by atoms with Gasteiger partial charge in [-0.2, -0.15) is 8.42 Å². The molecule has 0 spiro atoms. The van der Waals surface area contributed by atoms with Gasteiger partial charge in [-0.05, 0) is 19.3 Å². The lowest BCUT2D eigenvalue weighted by Gasteiger charge is -2.29. The summed E-state index contributed by atoms with van der Waals surface area (Å²) in [6.07, 6.45) is 13.6. The van der Waals surface area contributed by atoms with Crippen LogP contribution in [-0.2, 0) is 24.1 Å². The van der Waals surface area contributed by atoms with Crippen LogP contribution in [0.25, 0.3) is 0 Å². The molecule has 7 heteroatoms. The number of hydrogen-bond donors (Lipinski definition) is 1. The standard InChI is InChI=1S/C17H34O6S/c1-2-3-4-5-6-7-8-9-10-11-12-17-21-14-13-16(23-17)15-22-24(18,19)20/h16-17H,2-15H2,1H3,(H,18,19,20). The highest BCUT2D eigenvalue weighted by Gasteiger charge is 2.24. The molecule has 2 atom stereocenters. The van der Waals surface area contributed by atoms with Crippen LogP contribution in [0.15, 0.2) is 0 Å². The van der Waals surface area contributed by atoms with Gasteiger partial charge in [0.05, 0.1) is 19.3 Å². The first kappa shape index (κ1) is 21.8. The second kappa shape index (κ2) is 13.1. The number of ether oxygens (including phenoxy) is 2. The van der Waals surface area contributed by atoms with Crippen molar-refractivity contribution in [2.75, 3.05) is 13.2 Å². The fourth-order valence-corrected chi connectivity index (χ4v) is 3.21. The molecule has 0 aromatic carbocycles. The summed E-state index contributed by atoms with van der Waals surface area (Å²) in [5.41, 5.74) is 0. The topological polar surface area (TPSA) is 82.1 Å². The van der Waals surface area contributed by atoms with Crippen LogP contribution < -0.4 is 0 Å². The van der Waals surface area contributed by atoms with Crippen LogP contribution in [0, 0.1) is 0 Å². The van der Waals surface area contributed by atoms with Crippen molar-refractivity contribution in [1.82, 2.24) is 0 Å². The van der Waals surface area contributed by atoms with Gasteiger partial charge in [-0.3, -0.25) is 4.55 Å². The van der Waals surface area contributed by atoms with Gasteiger partial charge < -0.3 is 9.47 Å². The summed E-state index contributed by atoms with van der Waals surface area (Å²) in [6.45, 7) is 2.61. The van der Waals surface area contributed by atoms with E-state index in [9.17, 15) is 8.42 Å². The van der Waals surface area contributed by atoms with E-state index in [1.165, 1.54) is 57.8 Å². The molecule has 1 fully saturated rings. The lowest BCUT2D eigenvalue weighted by atomic mass is 10.1. The van der Waals surface area contributed by atoms with Crippen molar-refractivity contribution in [3.8, 4) is 0 Å². The number of unbranched alkanes of at least 4 members (excludes halogenated alkanes) is 9. The van der Waals surface area contributed by atoms with Crippen molar-refractivity contribution >= 4 is 10.4 Å². The molecule has 0 bridgehead atoms. The third-order valence-electron chi connectivity index (χ3n) is 4.28. The van der Waals surface area contributed by atoms with Gasteiger partial charge in [0.1, 0.15) is 0 Å².